The number of carbonyl (C=O) groups is 1. The number of sulfonamides is 1. The summed E-state index contributed by atoms with van der Waals surface area (Å²) >= 11 is 0. The summed E-state index contributed by atoms with van der Waals surface area (Å²) < 4.78 is 27.5. The standard InChI is InChI=1S/C16H24N2O3S/c1-11(2)13-5-7-15(8-6-13)22(20,21)17-14-9-16(19)18(10-14)12(3)4/h5-8,11-12,14,17H,9-10H2,1-4H3. The van der Waals surface area contributed by atoms with Crippen molar-refractivity contribution in [1.82, 2.24) is 9.62 Å². The van der Waals surface area contributed by atoms with Crippen molar-refractivity contribution in [3.05, 3.63) is 29.8 Å². The van der Waals surface area contributed by atoms with Crippen LogP contribution < -0.4 is 4.72 Å². The molecular weight excluding hydrogens is 300 g/mol. The van der Waals surface area contributed by atoms with Gasteiger partial charge in [0.25, 0.3) is 0 Å². The monoisotopic (exact) mass is 324 g/mol. The van der Waals surface area contributed by atoms with Crippen molar-refractivity contribution in [2.24, 2.45) is 0 Å². The van der Waals surface area contributed by atoms with Gasteiger partial charge in [-0.15, -0.1) is 0 Å². The Morgan fingerprint density at radius 3 is 2.18 bits per heavy atom. The van der Waals surface area contributed by atoms with Crippen LogP contribution in [0.3, 0.4) is 0 Å². The van der Waals surface area contributed by atoms with E-state index in [4.69, 9.17) is 0 Å². The molecule has 22 heavy (non-hydrogen) atoms. The van der Waals surface area contributed by atoms with Gasteiger partial charge in [-0.3, -0.25) is 4.79 Å². The molecule has 0 bridgehead atoms. The molecule has 5 nitrogen and oxygen atoms in total. The second-order valence-corrected chi connectivity index (χ2v) is 8.10. The molecule has 0 aromatic heterocycles. The van der Waals surface area contributed by atoms with E-state index in [1.165, 1.54) is 0 Å². The van der Waals surface area contributed by atoms with Crippen LogP contribution in [0.2, 0.25) is 0 Å². The molecule has 1 saturated heterocycles. The van der Waals surface area contributed by atoms with Gasteiger partial charge in [-0.2, -0.15) is 0 Å². The van der Waals surface area contributed by atoms with Crippen LogP contribution in [-0.2, 0) is 14.8 Å². The van der Waals surface area contributed by atoms with Gasteiger partial charge in [-0.25, -0.2) is 13.1 Å². The highest BCUT2D eigenvalue weighted by Gasteiger charge is 2.33. The van der Waals surface area contributed by atoms with Gasteiger partial charge in [0.2, 0.25) is 15.9 Å². The molecule has 1 N–H and O–H groups in total. The number of rotatable bonds is 5. The number of nitrogens with zero attached hydrogens (tertiary/aromatic N) is 1. The molecule has 1 aromatic rings. The van der Waals surface area contributed by atoms with Crippen LogP contribution in [0.4, 0.5) is 0 Å². The van der Waals surface area contributed by atoms with Crippen molar-refractivity contribution < 1.29 is 13.2 Å². The fourth-order valence-electron chi connectivity index (χ4n) is 2.63. The zero-order valence-corrected chi connectivity index (χ0v) is 14.4. The molecule has 0 spiro atoms. The van der Waals surface area contributed by atoms with Gasteiger partial charge in [-0.1, -0.05) is 26.0 Å². The maximum atomic E-state index is 12.4. The molecule has 0 aliphatic carbocycles. The summed E-state index contributed by atoms with van der Waals surface area (Å²) in [5.74, 6) is 0.356. The van der Waals surface area contributed by atoms with Gasteiger partial charge in [0, 0.05) is 25.0 Å². The molecule has 1 amide bonds. The largest absolute Gasteiger partial charge is 0.339 e. The van der Waals surface area contributed by atoms with Crippen molar-refractivity contribution in [2.45, 2.75) is 57.0 Å². The molecule has 1 fully saturated rings. The number of benzene rings is 1. The average Bonchev–Trinajstić information content (AvgIpc) is 2.79. The summed E-state index contributed by atoms with van der Waals surface area (Å²) in [6, 6.07) is 6.64. The minimum absolute atomic E-state index is 0.00199. The third kappa shape index (κ3) is 3.67. The first-order valence-corrected chi connectivity index (χ1v) is 9.11. The smallest absolute Gasteiger partial charge is 0.240 e. The lowest BCUT2D eigenvalue weighted by Crippen LogP contribution is -2.38. The maximum absolute atomic E-state index is 12.4. The van der Waals surface area contributed by atoms with Crippen LogP contribution in [0.15, 0.2) is 29.2 Å². The highest BCUT2D eigenvalue weighted by atomic mass is 32.2. The Bertz CT molecular complexity index is 636. The van der Waals surface area contributed by atoms with E-state index in [2.05, 4.69) is 18.6 Å². The topological polar surface area (TPSA) is 66.5 Å². The number of hydrogen-bond acceptors (Lipinski definition) is 3. The molecular formula is C16H24N2O3S. The first-order chi connectivity index (χ1) is 10.2. The average molecular weight is 324 g/mol. The van der Waals surface area contributed by atoms with Crippen LogP contribution in [-0.4, -0.2) is 37.9 Å². The molecule has 1 aliphatic rings. The molecule has 1 heterocycles. The van der Waals surface area contributed by atoms with Gasteiger partial charge in [-0.05, 0) is 37.5 Å². The Morgan fingerprint density at radius 1 is 1.14 bits per heavy atom. The van der Waals surface area contributed by atoms with E-state index in [-0.39, 0.29) is 29.3 Å². The fourth-order valence-corrected chi connectivity index (χ4v) is 3.86. The zero-order chi connectivity index (χ0) is 16.5. The van der Waals surface area contributed by atoms with Crippen molar-refractivity contribution in [3.63, 3.8) is 0 Å². The molecule has 1 atom stereocenters. The quantitative estimate of drug-likeness (QED) is 0.902. The van der Waals surface area contributed by atoms with Gasteiger partial charge < -0.3 is 4.90 Å². The van der Waals surface area contributed by atoms with Crippen molar-refractivity contribution in [1.29, 1.82) is 0 Å². The summed E-state index contributed by atoms with van der Waals surface area (Å²) in [6.07, 6.45) is 0.224. The van der Waals surface area contributed by atoms with Gasteiger partial charge in [0.05, 0.1) is 4.90 Å². The van der Waals surface area contributed by atoms with E-state index < -0.39 is 10.0 Å². The molecule has 0 saturated carbocycles. The van der Waals surface area contributed by atoms with Crippen LogP contribution >= 0.6 is 0 Å². The molecule has 1 unspecified atom stereocenters. The van der Waals surface area contributed by atoms with Crippen LogP contribution in [0.5, 0.6) is 0 Å². The second kappa shape index (κ2) is 6.38. The lowest BCUT2D eigenvalue weighted by atomic mass is 10.0. The van der Waals surface area contributed by atoms with Crippen LogP contribution in [0, 0.1) is 0 Å². The molecule has 1 aromatic carbocycles. The minimum atomic E-state index is -3.59. The third-order valence-electron chi connectivity index (χ3n) is 3.96. The zero-order valence-electron chi connectivity index (χ0n) is 13.5. The summed E-state index contributed by atoms with van der Waals surface area (Å²) in [7, 11) is -3.59. The lowest BCUT2D eigenvalue weighted by Gasteiger charge is -2.21. The highest BCUT2D eigenvalue weighted by molar-refractivity contribution is 7.89. The Kier molecular flexibility index (Phi) is 4.92. The normalized spacial score (nSPS) is 19.5. The Morgan fingerprint density at radius 2 is 1.73 bits per heavy atom. The Hall–Kier alpha value is -1.40. The van der Waals surface area contributed by atoms with E-state index in [1.807, 2.05) is 26.0 Å². The lowest BCUT2D eigenvalue weighted by molar-refractivity contribution is -0.129. The number of nitrogens with one attached hydrogen (secondary N) is 1. The van der Waals surface area contributed by atoms with Crippen molar-refractivity contribution in [2.75, 3.05) is 6.54 Å². The third-order valence-corrected chi connectivity index (χ3v) is 5.50. The van der Waals surface area contributed by atoms with Gasteiger partial charge >= 0.3 is 0 Å². The molecule has 0 radical (unpaired) electrons. The summed E-state index contributed by atoms with van der Waals surface area (Å²) in [5.41, 5.74) is 1.10. The molecule has 122 valence electrons. The molecule has 2 rings (SSSR count). The summed E-state index contributed by atoms with van der Waals surface area (Å²) in [6.45, 7) is 8.41. The van der Waals surface area contributed by atoms with E-state index in [9.17, 15) is 13.2 Å². The Labute approximate surface area is 132 Å². The SMILES string of the molecule is CC(C)c1ccc(S(=O)(=O)NC2CC(=O)N(C(C)C)C2)cc1. The second-order valence-electron chi connectivity index (χ2n) is 6.39. The number of carbonyl (C=O) groups excluding carboxylic acids is 1. The maximum Gasteiger partial charge on any atom is 0.240 e. The van der Waals surface area contributed by atoms with Gasteiger partial charge in [0.15, 0.2) is 0 Å². The van der Waals surface area contributed by atoms with Crippen molar-refractivity contribution in [3.8, 4) is 0 Å². The van der Waals surface area contributed by atoms with E-state index in [1.54, 1.807) is 17.0 Å². The first-order valence-electron chi connectivity index (χ1n) is 7.62. The van der Waals surface area contributed by atoms with E-state index in [0.29, 0.717) is 12.5 Å². The Balaban J connectivity index is 2.10. The number of hydrogen-bond donors (Lipinski definition) is 1. The molecule has 6 heteroatoms. The van der Waals surface area contributed by atoms with E-state index in [0.717, 1.165) is 5.56 Å². The summed E-state index contributed by atoms with van der Waals surface area (Å²) in [4.78, 5) is 13.8. The van der Waals surface area contributed by atoms with E-state index >= 15 is 0 Å². The number of likely N-dealkylation sites (tertiary alicyclic amines) is 1. The summed E-state index contributed by atoms with van der Waals surface area (Å²) in [5, 5.41) is 0. The van der Waals surface area contributed by atoms with Crippen molar-refractivity contribution >= 4 is 15.9 Å². The van der Waals surface area contributed by atoms with Crippen LogP contribution in [0.1, 0.15) is 45.6 Å². The fraction of sp³-hybridized carbons (Fsp3) is 0.562. The van der Waals surface area contributed by atoms with Crippen LogP contribution in [0.25, 0.3) is 0 Å². The molecule has 1 aliphatic heterocycles. The minimum Gasteiger partial charge on any atom is -0.339 e. The van der Waals surface area contributed by atoms with Gasteiger partial charge in [0.1, 0.15) is 0 Å². The predicted molar refractivity (Wildman–Crippen MR) is 86.1 cm³/mol. The first kappa shape index (κ1) is 17.0. The predicted octanol–water partition coefficient (Wildman–Crippen LogP) is 2.10. The number of amides is 1. The highest BCUT2D eigenvalue weighted by Crippen LogP contribution is 2.20.